The van der Waals surface area contributed by atoms with Gasteiger partial charge in [-0.15, -0.1) is 0 Å². The Hall–Kier alpha value is -4.06. The average Bonchev–Trinajstić information content (AvgIpc) is 3.19. The van der Waals surface area contributed by atoms with Gasteiger partial charge in [-0.1, -0.05) is 11.8 Å². The van der Waals surface area contributed by atoms with Crippen molar-refractivity contribution >= 4 is 33.5 Å². The molecule has 0 radical (unpaired) electrons. The second kappa shape index (κ2) is 9.43. The minimum Gasteiger partial charge on any atom is -0.475 e. The zero-order valence-electron chi connectivity index (χ0n) is 19.3. The summed E-state index contributed by atoms with van der Waals surface area (Å²) in [4.78, 5) is 42.8. The number of hydrogen-bond donors (Lipinski definition) is 3. The number of pyridine rings is 2. The molecule has 0 unspecified atom stereocenters. The van der Waals surface area contributed by atoms with Gasteiger partial charge >= 0.3 is 6.09 Å². The van der Waals surface area contributed by atoms with Crippen LogP contribution >= 0.6 is 0 Å². The number of nitrogens with zero attached hydrogens (tertiary/aromatic N) is 1. The topological polar surface area (TPSA) is 122 Å². The van der Waals surface area contributed by atoms with Crippen molar-refractivity contribution in [2.45, 2.75) is 45.3 Å². The summed E-state index contributed by atoms with van der Waals surface area (Å²) in [5, 5.41) is 8.13. The largest absolute Gasteiger partial charge is 0.475 e. The number of ether oxygens (including phenoxy) is 2. The van der Waals surface area contributed by atoms with Gasteiger partial charge in [0.1, 0.15) is 12.2 Å². The van der Waals surface area contributed by atoms with Gasteiger partial charge in [0, 0.05) is 40.5 Å². The molecule has 0 spiro atoms. The van der Waals surface area contributed by atoms with Crippen LogP contribution in [0.2, 0.25) is 0 Å². The number of aromatic nitrogens is 2. The van der Waals surface area contributed by atoms with Crippen molar-refractivity contribution in [2.24, 2.45) is 0 Å². The molecular formula is C25H26N4O5. The van der Waals surface area contributed by atoms with Crippen LogP contribution in [0.15, 0.2) is 35.4 Å². The normalized spacial score (nSPS) is 15.5. The molecule has 1 aliphatic rings. The molecule has 3 N–H and O–H groups in total. The lowest BCUT2D eigenvalue weighted by atomic mass is 10.0. The zero-order chi connectivity index (χ0) is 24.3. The SMILES string of the molecule is CC(C)(C)OC(=O)NCC#Cc1c[nH]c(=O)c2cc3ccnc(OC[C@@H]4CCC(=O)N4)c3cc12. The maximum Gasteiger partial charge on any atom is 0.408 e. The van der Waals surface area contributed by atoms with E-state index in [-0.39, 0.29) is 24.1 Å². The van der Waals surface area contributed by atoms with E-state index in [0.29, 0.717) is 35.2 Å². The molecule has 0 bridgehead atoms. The number of aromatic amines is 1. The molecule has 1 atom stereocenters. The first-order valence-corrected chi connectivity index (χ1v) is 11.0. The standard InChI is InChI=1S/C25H26N4O5/c1-25(2,3)34-24(32)27-9-4-5-16-13-28-22(31)20-11-15-8-10-26-23(19(15)12-18(16)20)33-14-17-6-7-21(30)29-17/h8,10-13,17H,6-7,9,14H2,1-3H3,(H,27,32)(H,28,31)(H,29,30)/t17-/m0/s1. The quantitative estimate of drug-likeness (QED) is 0.405. The van der Waals surface area contributed by atoms with E-state index in [1.165, 1.54) is 0 Å². The van der Waals surface area contributed by atoms with Gasteiger partial charge in [0.15, 0.2) is 0 Å². The van der Waals surface area contributed by atoms with Crippen LogP contribution in [0.25, 0.3) is 21.5 Å². The monoisotopic (exact) mass is 462 g/mol. The lowest BCUT2D eigenvalue weighted by Gasteiger charge is -2.19. The van der Waals surface area contributed by atoms with Crippen LogP contribution in [0.5, 0.6) is 5.88 Å². The molecule has 3 heterocycles. The third-order valence-electron chi connectivity index (χ3n) is 5.20. The van der Waals surface area contributed by atoms with Gasteiger partial charge in [-0.05, 0) is 50.8 Å². The number of alkyl carbamates (subject to hydrolysis) is 1. The number of fused-ring (bicyclic) bond motifs is 2. The van der Waals surface area contributed by atoms with Crippen LogP contribution < -0.4 is 20.9 Å². The average molecular weight is 463 g/mol. The molecule has 34 heavy (non-hydrogen) atoms. The number of H-pyrrole nitrogens is 1. The van der Waals surface area contributed by atoms with Crippen molar-refractivity contribution in [1.29, 1.82) is 0 Å². The summed E-state index contributed by atoms with van der Waals surface area (Å²) in [5.41, 5.74) is -0.229. The Bertz CT molecular complexity index is 1380. The summed E-state index contributed by atoms with van der Waals surface area (Å²) in [5.74, 6) is 6.33. The van der Waals surface area contributed by atoms with Crippen molar-refractivity contribution in [2.75, 3.05) is 13.2 Å². The maximum atomic E-state index is 12.5. The number of nitrogens with one attached hydrogen (secondary N) is 3. The number of rotatable bonds is 4. The summed E-state index contributed by atoms with van der Waals surface area (Å²) in [6.07, 6.45) is 3.83. The molecular weight excluding hydrogens is 436 g/mol. The number of hydrogen-bond acceptors (Lipinski definition) is 6. The van der Waals surface area contributed by atoms with Gasteiger partial charge in [-0.2, -0.15) is 0 Å². The van der Waals surface area contributed by atoms with E-state index in [2.05, 4.69) is 32.4 Å². The Morgan fingerprint density at radius 3 is 2.79 bits per heavy atom. The van der Waals surface area contributed by atoms with Crippen molar-refractivity contribution in [1.82, 2.24) is 20.6 Å². The van der Waals surface area contributed by atoms with Crippen LogP contribution in [0.3, 0.4) is 0 Å². The van der Waals surface area contributed by atoms with Gasteiger partial charge in [0.25, 0.3) is 5.56 Å². The first-order valence-electron chi connectivity index (χ1n) is 11.0. The third kappa shape index (κ3) is 5.46. The molecule has 1 aromatic carbocycles. The highest BCUT2D eigenvalue weighted by Gasteiger charge is 2.21. The molecule has 3 aromatic rings. The second-order valence-electron chi connectivity index (χ2n) is 9.04. The van der Waals surface area contributed by atoms with Gasteiger partial charge in [-0.25, -0.2) is 9.78 Å². The molecule has 1 saturated heterocycles. The molecule has 1 fully saturated rings. The van der Waals surface area contributed by atoms with Gasteiger partial charge in [-0.3, -0.25) is 9.59 Å². The summed E-state index contributed by atoms with van der Waals surface area (Å²) in [6, 6.07) is 5.37. The summed E-state index contributed by atoms with van der Waals surface area (Å²) in [7, 11) is 0. The summed E-state index contributed by atoms with van der Waals surface area (Å²) >= 11 is 0. The maximum absolute atomic E-state index is 12.5. The lowest BCUT2D eigenvalue weighted by molar-refractivity contribution is -0.119. The van der Waals surface area contributed by atoms with E-state index < -0.39 is 11.7 Å². The Morgan fingerprint density at radius 2 is 2.06 bits per heavy atom. The summed E-state index contributed by atoms with van der Waals surface area (Å²) < 4.78 is 11.1. The van der Waals surface area contributed by atoms with E-state index in [4.69, 9.17) is 9.47 Å². The van der Waals surface area contributed by atoms with E-state index >= 15 is 0 Å². The van der Waals surface area contributed by atoms with Crippen molar-refractivity contribution in [3.63, 3.8) is 0 Å². The van der Waals surface area contributed by atoms with E-state index in [1.807, 2.05) is 12.1 Å². The molecule has 4 rings (SSSR count). The Kier molecular flexibility index (Phi) is 6.41. The molecule has 1 aliphatic heterocycles. The first kappa shape index (κ1) is 23.1. The van der Waals surface area contributed by atoms with Gasteiger partial charge in [0.2, 0.25) is 11.8 Å². The fourth-order valence-corrected chi connectivity index (χ4v) is 3.67. The molecule has 9 nitrogen and oxygen atoms in total. The predicted octanol–water partition coefficient (Wildman–Crippen LogP) is 2.61. The van der Waals surface area contributed by atoms with E-state index in [1.54, 1.807) is 39.2 Å². The number of benzene rings is 1. The highest BCUT2D eigenvalue weighted by molar-refractivity contribution is 6.01. The van der Waals surface area contributed by atoms with Crippen molar-refractivity contribution in [3.05, 3.63) is 46.5 Å². The number of carbonyl (C=O) groups excluding carboxylic acids is 2. The Labute approximate surface area is 196 Å². The molecule has 176 valence electrons. The number of amides is 2. The highest BCUT2D eigenvalue weighted by atomic mass is 16.6. The highest BCUT2D eigenvalue weighted by Crippen LogP contribution is 2.28. The van der Waals surface area contributed by atoms with Gasteiger partial charge in [0.05, 0.1) is 12.6 Å². The summed E-state index contributed by atoms with van der Waals surface area (Å²) in [6.45, 7) is 5.75. The first-order chi connectivity index (χ1) is 16.2. The third-order valence-corrected chi connectivity index (χ3v) is 5.20. The molecule has 0 saturated carbocycles. The fourth-order valence-electron chi connectivity index (χ4n) is 3.67. The molecule has 0 aliphatic carbocycles. The fraction of sp³-hybridized carbons (Fsp3) is 0.360. The second-order valence-corrected chi connectivity index (χ2v) is 9.04. The number of carbonyl (C=O) groups is 2. The Morgan fingerprint density at radius 1 is 1.24 bits per heavy atom. The molecule has 2 aromatic heterocycles. The van der Waals surface area contributed by atoms with Crippen molar-refractivity contribution < 1.29 is 19.1 Å². The Balaban J connectivity index is 1.60. The van der Waals surface area contributed by atoms with E-state index in [0.717, 1.165) is 17.2 Å². The minimum absolute atomic E-state index is 0.0223. The molecule has 9 heteroatoms. The van der Waals surface area contributed by atoms with E-state index in [9.17, 15) is 14.4 Å². The van der Waals surface area contributed by atoms with Crippen LogP contribution in [0.1, 0.15) is 39.2 Å². The minimum atomic E-state index is -0.592. The van der Waals surface area contributed by atoms with Crippen LogP contribution in [-0.2, 0) is 9.53 Å². The smallest absolute Gasteiger partial charge is 0.408 e. The predicted molar refractivity (Wildman–Crippen MR) is 128 cm³/mol. The lowest BCUT2D eigenvalue weighted by Crippen LogP contribution is -2.32. The van der Waals surface area contributed by atoms with Gasteiger partial charge < -0.3 is 25.1 Å². The van der Waals surface area contributed by atoms with Crippen LogP contribution in [-0.4, -0.2) is 46.8 Å². The van der Waals surface area contributed by atoms with Crippen LogP contribution in [0.4, 0.5) is 4.79 Å². The van der Waals surface area contributed by atoms with Crippen molar-refractivity contribution in [3.8, 4) is 17.7 Å². The molecule has 2 amide bonds. The zero-order valence-corrected chi connectivity index (χ0v) is 19.3. The van der Waals surface area contributed by atoms with Crippen LogP contribution in [0, 0.1) is 11.8 Å².